The van der Waals surface area contributed by atoms with Gasteiger partial charge in [-0.3, -0.25) is 0 Å². The van der Waals surface area contributed by atoms with E-state index in [1.807, 2.05) is 48.5 Å². The Kier molecular flexibility index (Phi) is 7.81. The first kappa shape index (κ1) is 35.3. The smallest absolute Gasteiger partial charge is 0.0991 e. The van der Waals surface area contributed by atoms with Crippen molar-refractivity contribution < 1.29 is 0 Å². The number of rotatable bonds is 5. The van der Waals surface area contributed by atoms with E-state index in [4.69, 9.17) is 0 Å². The van der Waals surface area contributed by atoms with Crippen LogP contribution in [0.2, 0.25) is 0 Å². The summed E-state index contributed by atoms with van der Waals surface area (Å²) in [5.74, 6) is 0. The van der Waals surface area contributed by atoms with Gasteiger partial charge in [-0.25, -0.2) is 0 Å². The highest BCUT2D eigenvalue weighted by atomic mass is 15.2. The van der Waals surface area contributed by atoms with E-state index in [0.29, 0.717) is 11.1 Å². The van der Waals surface area contributed by atoms with Crippen molar-refractivity contribution in [3.8, 4) is 29.0 Å². The summed E-state index contributed by atoms with van der Waals surface area (Å²) in [6.45, 7) is 0. The molecular weight excluding hydrogens is 755 g/mol. The first-order valence-electron chi connectivity index (χ1n) is 20.8. The van der Waals surface area contributed by atoms with E-state index in [0.717, 1.165) is 50.8 Å². The second kappa shape index (κ2) is 13.7. The fourth-order valence-electron chi connectivity index (χ4n) is 10.3. The fourth-order valence-corrected chi connectivity index (χ4v) is 10.3. The lowest BCUT2D eigenvalue weighted by Gasteiger charge is -2.45. The van der Waals surface area contributed by atoms with Gasteiger partial charge in [0.2, 0.25) is 0 Å². The molecule has 9 aromatic carbocycles. The van der Waals surface area contributed by atoms with Gasteiger partial charge in [0.15, 0.2) is 0 Å². The second-order valence-corrected chi connectivity index (χ2v) is 15.9. The van der Waals surface area contributed by atoms with Crippen molar-refractivity contribution in [3.05, 3.63) is 246 Å². The SMILES string of the molecule is N#Cc1ccc(N(c2ccc(C#N)cc2)c2cc(N3c4ccccc4C4(c5ccccc5-c5ccccc54)c4ccccc43)cc(-n3c4ccccc4c4ccccc43)c2)cc1. The molecule has 1 aliphatic heterocycles. The zero-order valence-electron chi connectivity index (χ0n) is 33.4. The predicted molar refractivity (Wildman–Crippen MR) is 250 cm³/mol. The third kappa shape index (κ3) is 5.00. The highest BCUT2D eigenvalue weighted by Gasteiger charge is 2.51. The maximum absolute atomic E-state index is 9.80. The van der Waals surface area contributed by atoms with Crippen LogP contribution in [0.25, 0.3) is 38.6 Å². The van der Waals surface area contributed by atoms with Gasteiger partial charge in [0, 0.05) is 22.1 Å². The summed E-state index contributed by atoms with van der Waals surface area (Å²) in [7, 11) is 0. The van der Waals surface area contributed by atoms with Gasteiger partial charge in [-0.1, -0.05) is 121 Å². The molecule has 1 aliphatic carbocycles. The number of fused-ring (bicyclic) bond motifs is 12. The monoisotopic (exact) mass is 789 g/mol. The number of benzene rings is 9. The van der Waals surface area contributed by atoms with Crippen LogP contribution in [0.15, 0.2) is 212 Å². The van der Waals surface area contributed by atoms with Crippen LogP contribution in [0.5, 0.6) is 0 Å². The Labute approximate surface area is 359 Å². The van der Waals surface area contributed by atoms with Crippen molar-refractivity contribution in [2.75, 3.05) is 9.80 Å². The predicted octanol–water partition coefficient (Wildman–Crippen LogP) is 14.1. The molecule has 0 amide bonds. The topological polar surface area (TPSA) is 59.0 Å². The Morgan fingerprint density at radius 3 is 1.31 bits per heavy atom. The summed E-state index contributed by atoms with van der Waals surface area (Å²) in [5, 5.41) is 22.0. The third-order valence-electron chi connectivity index (χ3n) is 12.8. The van der Waals surface area contributed by atoms with E-state index >= 15 is 0 Å². The van der Waals surface area contributed by atoms with E-state index in [1.165, 1.54) is 44.2 Å². The van der Waals surface area contributed by atoms with Gasteiger partial charge in [0.05, 0.1) is 68.2 Å². The fraction of sp³-hybridized carbons (Fsp3) is 0.0175. The van der Waals surface area contributed by atoms with Gasteiger partial charge >= 0.3 is 0 Å². The highest BCUT2D eigenvalue weighted by molar-refractivity contribution is 6.09. The Hall–Kier alpha value is -8.64. The average Bonchev–Trinajstić information content (AvgIpc) is 3.83. The number of hydrogen-bond donors (Lipinski definition) is 0. The van der Waals surface area contributed by atoms with Gasteiger partial charge in [-0.05, 0) is 124 Å². The number of para-hydroxylation sites is 4. The van der Waals surface area contributed by atoms with Gasteiger partial charge in [0.25, 0.3) is 0 Å². The number of hydrogen-bond acceptors (Lipinski definition) is 4. The van der Waals surface area contributed by atoms with Gasteiger partial charge in [0.1, 0.15) is 0 Å². The quantitative estimate of drug-likeness (QED) is 0.174. The average molecular weight is 790 g/mol. The molecule has 2 heterocycles. The number of anilines is 6. The number of nitriles is 2. The van der Waals surface area contributed by atoms with Crippen molar-refractivity contribution in [1.29, 1.82) is 10.5 Å². The molecule has 0 fully saturated rings. The Balaban J connectivity index is 1.18. The zero-order chi connectivity index (χ0) is 41.4. The van der Waals surface area contributed by atoms with Crippen LogP contribution in [0.4, 0.5) is 34.1 Å². The van der Waals surface area contributed by atoms with E-state index in [-0.39, 0.29) is 0 Å². The third-order valence-corrected chi connectivity index (χ3v) is 12.8. The molecule has 1 spiro atoms. The lowest BCUT2D eigenvalue weighted by atomic mass is 9.64. The molecule has 0 saturated heterocycles. The van der Waals surface area contributed by atoms with Crippen molar-refractivity contribution in [2.45, 2.75) is 5.41 Å². The molecule has 10 aromatic rings. The lowest BCUT2D eigenvalue weighted by molar-refractivity contribution is 0.752. The Bertz CT molecular complexity index is 3300. The summed E-state index contributed by atoms with van der Waals surface area (Å²) in [6.07, 6.45) is 0. The minimum atomic E-state index is -0.541. The van der Waals surface area contributed by atoms with Crippen LogP contribution in [-0.2, 0) is 5.41 Å². The minimum Gasteiger partial charge on any atom is -0.310 e. The summed E-state index contributed by atoms with van der Waals surface area (Å²) >= 11 is 0. The largest absolute Gasteiger partial charge is 0.310 e. The standard InChI is InChI=1S/C57H35N5/c58-36-38-25-29-40(30-26-38)60(41-31-27-39(37-59)28-32-41)42-33-43(61-53-21-9-3-15-47(53)48-16-4-10-22-54(48)61)35-44(34-42)62-55-23-11-7-19-51(55)57(52-20-8-12-24-56(52)62)49-17-5-1-13-45(49)46-14-2-6-18-50(46)57/h1-35H. The van der Waals surface area contributed by atoms with Gasteiger partial charge in [-0.15, -0.1) is 0 Å². The molecule has 0 bridgehead atoms. The lowest BCUT2D eigenvalue weighted by Crippen LogP contribution is -2.36. The van der Waals surface area contributed by atoms with E-state index in [1.54, 1.807) is 0 Å². The first-order chi connectivity index (χ1) is 30.7. The molecular formula is C57H35N5. The van der Waals surface area contributed by atoms with Crippen LogP contribution < -0.4 is 9.80 Å². The maximum atomic E-state index is 9.80. The summed E-state index contributed by atoms with van der Waals surface area (Å²) in [6, 6.07) is 79.7. The molecule has 62 heavy (non-hydrogen) atoms. The van der Waals surface area contributed by atoms with Crippen molar-refractivity contribution in [2.24, 2.45) is 0 Å². The molecule has 0 saturated carbocycles. The van der Waals surface area contributed by atoms with Crippen molar-refractivity contribution in [3.63, 3.8) is 0 Å². The zero-order valence-corrected chi connectivity index (χ0v) is 33.4. The Morgan fingerprint density at radius 1 is 0.387 bits per heavy atom. The molecule has 1 aromatic heterocycles. The van der Waals surface area contributed by atoms with Crippen LogP contribution in [0.3, 0.4) is 0 Å². The van der Waals surface area contributed by atoms with Crippen LogP contribution in [0.1, 0.15) is 33.4 Å². The maximum Gasteiger partial charge on any atom is 0.0991 e. The molecule has 5 heteroatoms. The Morgan fingerprint density at radius 2 is 0.806 bits per heavy atom. The van der Waals surface area contributed by atoms with Crippen molar-refractivity contribution in [1.82, 2.24) is 4.57 Å². The van der Waals surface area contributed by atoms with E-state index in [2.05, 4.69) is 190 Å². The molecule has 0 radical (unpaired) electrons. The van der Waals surface area contributed by atoms with Crippen LogP contribution >= 0.6 is 0 Å². The van der Waals surface area contributed by atoms with Gasteiger partial charge < -0.3 is 14.4 Å². The molecule has 288 valence electrons. The highest BCUT2D eigenvalue weighted by Crippen LogP contribution is 2.63. The van der Waals surface area contributed by atoms with E-state index < -0.39 is 5.41 Å². The van der Waals surface area contributed by atoms with Gasteiger partial charge in [-0.2, -0.15) is 10.5 Å². The van der Waals surface area contributed by atoms with E-state index in [9.17, 15) is 10.5 Å². The molecule has 0 N–H and O–H groups in total. The molecule has 5 nitrogen and oxygen atoms in total. The molecule has 12 rings (SSSR count). The van der Waals surface area contributed by atoms with Crippen LogP contribution in [-0.4, -0.2) is 4.57 Å². The first-order valence-corrected chi connectivity index (χ1v) is 20.8. The number of aromatic nitrogens is 1. The summed E-state index contributed by atoms with van der Waals surface area (Å²) in [4.78, 5) is 4.66. The number of nitrogens with zero attached hydrogens (tertiary/aromatic N) is 5. The molecule has 2 aliphatic rings. The van der Waals surface area contributed by atoms with Crippen LogP contribution in [0, 0.1) is 22.7 Å². The molecule has 0 atom stereocenters. The van der Waals surface area contributed by atoms with Crippen molar-refractivity contribution >= 4 is 55.9 Å². The molecule has 0 unspecified atom stereocenters. The normalized spacial score (nSPS) is 12.9. The second-order valence-electron chi connectivity index (χ2n) is 15.9. The summed E-state index contributed by atoms with van der Waals surface area (Å²) < 4.78 is 2.38. The summed E-state index contributed by atoms with van der Waals surface area (Å²) in [5.41, 5.74) is 17.2. The minimum absolute atomic E-state index is 0.541.